The Morgan fingerprint density at radius 2 is 2.00 bits per heavy atom. The van der Waals surface area contributed by atoms with E-state index < -0.39 is 0 Å². The summed E-state index contributed by atoms with van der Waals surface area (Å²) in [6.45, 7) is 2.07. The Bertz CT molecular complexity index is 809. The van der Waals surface area contributed by atoms with Gasteiger partial charge in [0.2, 0.25) is 5.91 Å². The molecule has 26 heavy (non-hydrogen) atoms. The minimum Gasteiger partial charge on any atom is -0.340 e. The molecular formula is C19H20ClN3O2S. The maximum absolute atomic E-state index is 12.8. The maximum atomic E-state index is 12.8. The van der Waals surface area contributed by atoms with E-state index in [4.69, 9.17) is 11.6 Å². The second kappa shape index (κ2) is 7.00. The fourth-order valence-electron chi connectivity index (χ4n) is 4.09. The summed E-state index contributed by atoms with van der Waals surface area (Å²) >= 11 is 7.34. The van der Waals surface area contributed by atoms with Crippen LogP contribution in [0.1, 0.15) is 35.3 Å². The number of likely N-dealkylation sites (tertiary alicyclic amines) is 2. The highest BCUT2D eigenvalue weighted by atomic mass is 35.5. The van der Waals surface area contributed by atoms with Gasteiger partial charge in [0.25, 0.3) is 5.91 Å². The van der Waals surface area contributed by atoms with Crippen LogP contribution in [0.5, 0.6) is 0 Å². The average Bonchev–Trinajstić information content (AvgIpc) is 3.38. The second-order valence-corrected chi connectivity index (χ2v) is 8.18. The van der Waals surface area contributed by atoms with Crippen LogP contribution in [-0.2, 0) is 11.2 Å². The molecule has 3 heterocycles. The third-order valence-corrected chi connectivity index (χ3v) is 6.29. The zero-order valence-corrected chi connectivity index (χ0v) is 15.9. The van der Waals surface area contributed by atoms with Gasteiger partial charge in [-0.2, -0.15) is 0 Å². The molecular weight excluding hydrogens is 370 g/mol. The van der Waals surface area contributed by atoms with Crippen molar-refractivity contribution in [3.8, 4) is 0 Å². The molecule has 0 N–H and O–H groups in total. The van der Waals surface area contributed by atoms with Crippen LogP contribution in [0.4, 0.5) is 0 Å². The molecule has 5 nitrogen and oxygen atoms in total. The summed E-state index contributed by atoms with van der Waals surface area (Å²) in [6, 6.07) is 7.39. The summed E-state index contributed by atoms with van der Waals surface area (Å²) in [6.07, 6.45) is 3.14. The smallest absolute Gasteiger partial charge is 0.273 e. The van der Waals surface area contributed by atoms with Crippen molar-refractivity contribution in [2.24, 2.45) is 0 Å². The van der Waals surface area contributed by atoms with Gasteiger partial charge in [0.1, 0.15) is 5.69 Å². The molecule has 0 saturated carbocycles. The first-order valence-corrected chi connectivity index (χ1v) is 10.1. The molecule has 2 aromatic rings. The molecule has 4 rings (SSSR count). The summed E-state index contributed by atoms with van der Waals surface area (Å²) < 4.78 is 0. The third kappa shape index (κ3) is 3.23. The van der Waals surface area contributed by atoms with Gasteiger partial charge in [-0.15, -0.1) is 11.3 Å². The molecule has 2 aliphatic rings. The molecule has 2 saturated heterocycles. The van der Waals surface area contributed by atoms with Crippen LogP contribution in [0, 0.1) is 0 Å². The van der Waals surface area contributed by atoms with E-state index in [1.54, 1.807) is 23.0 Å². The number of thiazole rings is 1. The highest BCUT2D eigenvalue weighted by molar-refractivity contribution is 7.07. The van der Waals surface area contributed by atoms with E-state index in [0.717, 1.165) is 31.4 Å². The van der Waals surface area contributed by atoms with Gasteiger partial charge >= 0.3 is 0 Å². The first-order valence-electron chi connectivity index (χ1n) is 8.80. The van der Waals surface area contributed by atoms with E-state index in [1.807, 2.05) is 21.9 Å². The summed E-state index contributed by atoms with van der Waals surface area (Å²) in [7, 11) is 0. The van der Waals surface area contributed by atoms with Gasteiger partial charge in [-0.05, 0) is 37.0 Å². The minimum absolute atomic E-state index is 0.00393. The number of rotatable bonds is 3. The van der Waals surface area contributed by atoms with Crippen molar-refractivity contribution < 1.29 is 9.59 Å². The number of hydrogen-bond donors (Lipinski definition) is 0. The van der Waals surface area contributed by atoms with Crippen LogP contribution >= 0.6 is 22.9 Å². The number of benzene rings is 1. The van der Waals surface area contributed by atoms with E-state index >= 15 is 0 Å². The normalized spacial score (nSPS) is 22.3. The van der Waals surface area contributed by atoms with Gasteiger partial charge < -0.3 is 9.80 Å². The summed E-state index contributed by atoms with van der Waals surface area (Å²) in [5.74, 6) is 0.105. The topological polar surface area (TPSA) is 53.5 Å². The predicted molar refractivity (Wildman–Crippen MR) is 101 cm³/mol. The van der Waals surface area contributed by atoms with Gasteiger partial charge in [-0.25, -0.2) is 4.98 Å². The molecule has 1 aromatic carbocycles. The first-order chi connectivity index (χ1) is 12.6. The van der Waals surface area contributed by atoms with E-state index in [0.29, 0.717) is 30.2 Å². The van der Waals surface area contributed by atoms with Crippen molar-refractivity contribution in [3.05, 3.63) is 51.4 Å². The summed E-state index contributed by atoms with van der Waals surface area (Å²) in [5.41, 5.74) is 2.94. The molecule has 1 aromatic heterocycles. The molecule has 0 bridgehead atoms. The molecule has 136 valence electrons. The van der Waals surface area contributed by atoms with Crippen molar-refractivity contribution >= 4 is 34.8 Å². The predicted octanol–water partition coefficient (Wildman–Crippen LogP) is 3.25. The lowest BCUT2D eigenvalue weighted by Crippen LogP contribution is -2.49. The number of carbonyl (C=O) groups excluding carboxylic acids is 2. The zero-order valence-electron chi connectivity index (χ0n) is 14.4. The van der Waals surface area contributed by atoms with Crippen LogP contribution in [0.15, 0.2) is 35.2 Å². The molecule has 2 amide bonds. The Balaban J connectivity index is 1.45. The van der Waals surface area contributed by atoms with Crippen molar-refractivity contribution in [1.82, 2.24) is 14.8 Å². The SMILES string of the molecule is O=C(Cc1ccc(Cl)cc1)N1CCC2(CCCN2C(=O)c2cscn2)C1. The lowest BCUT2D eigenvalue weighted by Gasteiger charge is -2.34. The minimum atomic E-state index is -0.226. The Labute approximate surface area is 161 Å². The van der Waals surface area contributed by atoms with Gasteiger partial charge in [-0.3, -0.25) is 9.59 Å². The molecule has 2 fully saturated rings. The Morgan fingerprint density at radius 1 is 1.19 bits per heavy atom. The summed E-state index contributed by atoms with van der Waals surface area (Å²) in [5, 5.41) is 2.47. The van der Waals surface area contributed by atoms with Crippen LogP contribution in [0.3, 0.4) is 0 Å². The highest BCUT2D eigenvalue weighted by Gasteiger charge is 2.49. The molecule has 2 aliphatic heterocycles. The number of nitrogens with zero attached hydrogens (tertiary/aromatic N) is 3. The van der Waals surface area contributed by atoms with Crippen molar-refractivity contribution in [2.45, 2.75) is 31.2 Å². The molecule has 7 heteroatoms. The average molecular weight is 390 g/mol. The van der Waals surface area contributed by atoms with Crippen molar-refractivity contribution in [3.63, 3.8) is 0 Å². The Hall–Kier alpha value is -1.92. The van der Waals surface area contributed by atoms with Crippen LogP contribution < -0.4 is 0 Å². The number of aromatic nitrogens is 1. The van der Waals surface area contributed by atoms with Crippen LogP contribution in [0.2, 0.25) is 5.02 Å². The van der Waals surface area contributed by atoms with E-state index in [1.165, 1.54) is 11.3 Å². The number of hydrogen-bond acceptors (Lipinski definition) is 4. The Morgan fingerprint density at radius 3 is 2.73 bits per heavy atom. The molecule has 1 atom stereocenters. The lowest BCUT2D eigenvalue weighted by molar-refractivity contribution is -0.129. The quantitative estimate of drug-likeness (QED) is 0.809. The van der Waals surface area contributed by atoms with E-state index in [-0.39, 0.29) is 17.4 Å². The Kier molecular flexibility index (Phi) is 4.71. The van der Waals surface area contributed by atoms with Crippen molar-refractivity contribution in [2.75, 3.05) is 19.6 Å². The fraction of sp³-hybridized carbons (Fsp3) is 0.421. The number of amides is 2. The monoisotopic (exact) mass is 389 g/mol. The first kappa shape index (κ1) is 17.5. The van der Waals surface area contributed by atoms with E-state index in [9.17, 15) is 9.59 Å². The zero-order chi connectivity index (χ0) is 18.1. The largest absolute Gasteiger partial charge is 0.340 e. The van der Waals surface area contributed by atoms with Crippen LogP contribution in [0.25, 0.3) is 0 Å². The van der Waals surface area contributed by atoms with Gasteiger partial charge in [-0.1, -0.05) is 23.7 Å². The molecule has 0 aliphatic carbocycles. The lowest BCUT2D eigenvalue weighted by atomic mass is 9.95. The standard InChI is InChI=1S/C19H20ClN3O2S/c20-15-4-2-14(3-5-15)10-17(24)22-9-7-19(12-22)6-1-8-23(19)18(25)16-11-26-13-21-16/h2-5,11,13H,1,6-10,12H2. The third-order valence-electron chi connectivity index (χ3n) is 5.45. The van der Waals surface area contributed by atoms with Gasteiger partial charge in [0.05, 0.1) is 17.5 Å². The van der Waals surface area contributed by atoms with Crippen LogP contribution in [-0.4, -0.2) is 51.8 Å². The van der Waals surface area contributed by atoms with Gasteiger partial charge in [0.15, 0.2) is 0 Å². The number of carbonyl (C=O) groups is 2. The molecule has 0 radical (unpaired) electrons. The molecule has 1 spiro atoms. The number of halogens is 1. The van der Waals surface area contributed by atoms with Crippen molar-refractivity contribution in [1.29, 1.82) is 0 Å². The summed E-state index contributed by atoms with van der Waals surface area (Å²) in [4.78, 5) is 33.6. The second-order valence-electron chi connectivity index (χ2n) is 7.03. The van der Waals surface area contributed by atoms with Gasteiger partial charge in [0, 0.05) is 30.0 Å². The van der Waals surface area contributed by atoms with E-state index in [2.05, 4.69) is 4.98 Å². The highest BCUT2D eigenvalue weighted by Crippen LogP contribution is 2.38. The maximum Gasteiger partial charge on any atom is 0.273 e. The fourth-order valence-corrected chi connectivity index (χ4v) is 4.75. The molecule has 1 unspecified atom stereocenters.